The molecule has 154 valence electrons. The van der Waals surface area contributed by atoms with Crippen LogP contribution >= 0.6 is 11.6 Å². The van der Waals surface area contributed by atoms with Crippen LogP contribution in [0.15, 0.2) is 47.6 Å². The van der Waals surface area contributed by atoms with Gasteiger partial charge < -0.3 is 14.8 Å². The van der Waals surface area contributed by atoms with Crippen LogP contribution in [0.1, 0.15) is 31.4 Å². The molecule has 0 aliphatic heterocycles. The fourth-order valence-electron chi connectivity index (χ4n) is 2.29. The second-order valence-electron chi connectivity index (χ2n) is 6.00. The van der Waals surface area contributed by atoms with E-state index in [1.165, 1.54) is 6.21 Å². The Morgan fingerprint density at radius 1 is 1.03 bits per heavy atom. The molecule has 0 spiro atoms. The van der Waals surface area contributed by atoms with Crippen LogP contribution in [0.2, 0.25) is 5.02 Å². The molecule has 8 heteroatoms. The van der Waals surface area contributed by atoms with Gasteiger partial charge in [0.25, 0.3) is 0 Å². The van der Waals surface area contributed by atoms with Crippen molar-refractivity contribution in [3.8, 4) is 11.5 Å². The van der Waals surface area contributed by atoms with E-state index < -0.39 is 11.8 Å². The minimum Gasteiger partial charge on any atom is -0.490 e. The van der Waals surface area contributed by atoms with E-state index in [0.29, 0.717) is 35.3 Å². The van der Waals surface area contributed by atoms with Gasteiger partial charge in [-0.2, -0.15) is 5.10 Å². The number of amides is 2. The Hall–Kier alpha value is -3.06. The minimum atomic E-state index is -0.858. The van der Waals surface area contributed by atoms with Crippen molar-refractivity contribution in [3.05, 3.63) is 58.6 Å². The van der Waals surface area contributed by atoms with Crippen molar-refractivity contribution < 1.29 is 19.1 Å². The number of hydrogen-bond acceptors (Lipinski definition) is 5. The molecule has 0 saturated carbocycles. The Morgan fingerprint density at radius 3 is 2.48 bits per heavy atom. The van der Waals surface area contributed by atoms with E-state index in [4.69, 9.17) is 21.1 Å². The highest BCUT2D eigenvalue weighted by molar-refractivity contribution is 6.35. The largest absolute Gasteiger partial charge is 0.490 e. The number of carbonyl (C=O) groups excluding carboxylic acids is 2. The molecule has 2 aromatic carbocycles. The molecule has 0 heterocycles. The minimum absolute atomic E-state index is 0.212. The van der Waals surface area contributed by atoms with E-state index in [-0.39, 0.29) is 6.54 Å². The Labute approximate surface area is 175 Å². The molecular formula is C21H24ClN3O4. The first-order valence-corrected chi connectivity index (χ1v) is 9.66. The van der Waals surface area contributed by atoms with Gasteiger partial charge >= 0.3 is 11.8 Å². The van der Waals surface area contributed by atoms with Crippen molar-refractivity contribution in [1.29, 1.82) is 0 Å². The van der Waals surface area contributed by atoms with Gasteiger partial charge in [-0.3, -0.25) is 9.59 Å². The third-order valence-corrected chi connectivity index (χ3v) is 3.93. The molecule has 2 N–H and O–H groups in total. The number of carbonyl (C=O) groups is 2. The first-order valence-electron chi connectivity index (χ1n) is 9.28. The molecule has 0 radical (unpaired) electrons. The van der Waals surface area contributed by atoms with Gasteiger partial charge in [-0.1, -0.05) is 30.7 Å². The summed E-state index contributed by atoms with van der Waals surface area (Å²) >= 11 is 5.81. The SMILES string of the molecule is CCCOc1ccc(/C=N/NC(=O)C(=O)NCc2ccc(Cl)cc2)cc1OCC. The van der Waals surface area contributed by atoms with E-state index in [1.54, 1.807) is 42.5 Å². The van der Waals surface area contributed by atoms with Gasteiger partial charge in [0, 0.05) is 11.6 Å². The fraction of sp³-hybridized carbons (Fsp3) is 0.286. The number of hydrazone groups is 1. The highest BCUT2D eigenvalue weighted by Gasteiger charge is 2.12. The van der Waals surface area contributed by atoms with Crippen LogP contribution in [0.5, 0.6) is 11.5 Å². The molecule has 29 heavy (non-hydrogen) atoms. The molecule has 2 amide bonds. The quantitative estimate of drug-likeness (QED) is 0.372. The number of ether oxygens (including phenoxy) is 2. The van der Waals surface area contributed by atoms with E-state index in [1.807, 2.05) is 13.8 Å². The van der Waals surface area contributed by atoms with Gasteiger partial charge in [0.1, 0.15) is 0 Å². The Morgan fingerprint density at radius 2 is 1.79 bits per heavy atom. The zero-order valence-electron chi connectivity index (χ0n) is 16.4. The molecule has 0 unspecified atom stereocenters. The summed E-state index contributed by atoms with van der Waals surface area (Å²) in [6.45, 7) is 5.20. The van der Waals surface area contributed by atoms with E-state index >= 15 is 0 Å². The second kappa shape index (κ2) is 11.7. The van der Waals surface area contributed by atoms with Crippen LogP contribution < -0.4 is 20.2 Å². The first-order chi connectivity index (χ1) is 14.0. The maximum atomic E-state index is 11.9. The van der Waals surface area contributed by atoms with Crippen molar-refractivity contribution in [2.24, 2.45) is 5.10 Å². The van der Waals surface area contributed by atoms with Crippen LogP contribution in [0.3, 0.4) is 0 Å². The molecule has 2 rings (SSSR count). The molecule has 2 aromatic rings. The van der Waals surface area contributed by atoms with Crippen LogP contribution in [0.4, 0.5) is 0 Å². The zero-order chi connectivity index (χ0) is 21.1. The Bertz CT molecular complexity index is 854. The first kappa shape index (κ1) is 22.2. The van der Waals surface area contributed by atoms with Crippen molar-refractivity contribution in [2.45, 2.75) is 26.8 Å². The highest BCUT2D eigenvalue weighted by Crippen LogP contribution is 2.28. The number of nitrogens with one attached hydrogen (secondary N) is 2. The molecule has 0 atom stereocenters. The number of rotatable bonds is 9. The van der Waals surface area contributed by atoms with Crippen LogP contribution in [0, 0.1) is 0 Å². The lowest BCUT2D eigenvalue weighted by Gasteiger charge is -2.11. The van der Waals surface area contributed by atoms with E-state index in [9.17, 15) is 9.59 Å². The Balaban J connectivity index is 1.88. The topological polar surface area (TPSA) is 89.0 Å². The van der Waals surface area contributed by atoms with Crippen molar-refractivity contribution in [1.82, 2.24) is 10.7 Å². The molecule has 7 nitrogen and oxygen atoms in total. The van der Waals surface area contributed by atoms with Gasteiger partial charge in [0.2, 0.25) is 0 Å². The maximum Gasteiger partial charge on any atom is 0.329 e. The fourth-order valence-corrected chi connectivity index (χ4v) is 2.41. The molecule has 0 saturated heterocycles. The van der Waals surface area contributed by atoms with Gasteiger partial charge in [0.05, 0.1) is 19.4 Å². The van der Waals surface area contributed by atoms with Crippen LogP contribution in [-0.2, 0) is 16.1 Å². The molecular weight excluding hydrogens is 394 g/mol. The molecule has 0 bridgehead atoms. The monoisotopic (exact) mass is 417 g/mol. The van der Waals surface area contributed by atoms with Crippen LogP contribution in [0.25, 0.3) is 0 Å². The smallest absolute Gasteiger partial charge is 0.329 e. The average Bonchev–Trinajstić information content (AvgIpc) is 2.72. The predicted molar refractivity (Wildman–Crippen MR) is 112 cm³/mol. The number of halogens is 1. The predicted octanol–water partition coefficient (Wildman–Crippen LogP) is 3.29. The van der Waals surface area contributed by atoms with Gasteiger partial charge in [-0.05, 0) is 54.8 Å². The molecule has 0 fully saturated rings. The Kier molecular flexibility index (Phi) is 8.98. The lowest BCUT2D eigenvalue weighted by molar-refractivity contribution is -0.139. The highest BCUT2D eigenvalue weighted by atomic mass is 35.5. The molecule has 0 aliphatic carbocycles. The third kappa shape index (κ3) is 7.46. The van der Waals surface area contributed by atoms with Crippen molar-refractivity contribution >= 4 is 29.6 Å². The summed E-state index contributed by atoms with van der Waals surface area (Å²) in [5.41, 5.74) is 3.72. The molecule has 0 aromatic heterocycles. The summed E-state index contributed by atoms with van der Waals surface area (Å²) in [6, 6.07) is 12.3. The molecule has 0 aliphatic rings. The van der Waals surface area contributed by atoms with Crippen LogP contribution in [-0.4, -0.2) is 31.2 Å². The summed E-state index contributed by atoms with van der Waals surface area (Å²) < 4.78 is 11.2. The summed E-state index contributed by atoms with van der Waals surface area (Å²) in [4.78, 5) is 23.7. The van der Waals surface area contributed by atoms with E-state index in [0.717, 1.165) is 12.0 Å². The summed E-state index contributed by atoms with van der Waals surface area (Å²) in [6.07, 6.45) is 2.32. The van der Waals surface area contributed by atoms with Crippen molar-refractivity contribution in [3.63, 3.8) is 0 Å². The second-order valence-corrected chi connectivity index (χ2v) is 6.43. The number of benzene rings is 2. The lowest BCUT2D eigenvalue weighted by Crippen LogP contribution is -2.37. The lowest BCUT2D eigenvalue weighted by atomic mass is 10.2. The van der Waals surface area contributed by atoms with E-state index in [2.05, 4.69) is 15.8 Å². The van der Waals surface area contributed by atoms with Gasteiger partial charge in [-0.25, -0.2) is 5.43 Å². The normalized spacial score (nSPS) is 10.6. The maximum absolute atomic E-state index is 11.9. The summed E-state index contributed by atoms with van der Waals surface area (Å²) in [5, 5.41) is 6.94. The number of nitrogens with zero attached hydrogens (tertiary/aromatic N) is 1. The summed E-state index contributed by atoms with van der Waals surface area (Å²) in [5.74, 6) is -0.396. The summed E-state index contributed by atoms with van der Waals surface area (Å²) in [7, 11) is 0. The van der Waals surface area contributed by atoms with Gasteiger partial charge in [0.15, 0.2) is 11.5 Å². The standard InChI is InChI=1S/C21H24ClN3O4/c1-3-11-29-18-10-7-16(12-19(18)28-4-2)14-24-25-21(27)20(26)23-13-15-5-8-17(22)9-6-15/h5-10,12,14H,3-4,11,13H2,1-2H3,(H,23,26)(H,25,27)/b24-14+. The average molecular weight is 418 g/mol. The third-order valence-electron chi connectivity index (χ3n) is 3.68. The van der Waals surface area contributed by atoms with Crippen molar-refractivity contribution in [2.75, 3.05) is 13.2 Å². The van der Waals surface area contributed by atoms with Gasteiger partial charge in [-0.15, -0.1) is 0 Å². The zero-order valence-corrected chi connectivity index (χ0v) is 17.2. The number of hydrogen-bond donors (Lipinski definition) is 2.